The van der Waals surface area contributed by atoms with E-state index in [1.807, 2.05) is 24.3 Å². The summed E-state index contributed by atoms with van der Waals surface area (Å²) in [5.41, 5.74) is 0.978. The largest absolute Gasteiger partial charge is 0.497 e. The Morgan fingerprint density at radius 2 is 2.06 bits per heavy atom. The van der Waals surface area contributed by atoms with Crippen molar-refractivity contribution in [2.75, 3.05) is 7.11 Å². The number of hydrogen-bond acceptors (Lipinski definition) is 3. The number of rotatable bonds is 5. The van der Waals surface area contributed by atoms with E-state index in [0.29, 0.717) is 6.42 Å². The van der Waals surface area contributed by atoms with Gasteiger partial charge in [-0.05, 0) is 24.1 Å². The molecule has 0 heterocycles. The van der Waals surface area contributed by atoms with Gasteiger partial charge in [0.05, 0.1) is 13.2 Å². The maximum absolute atomic E-state index is 10.8. The number of hydrogen-bond donors (Lipinski definition) is 1. The second-order valence-electron chi connectivity index (χ2n) is 3.50. The molecule has 1 amide bonds. The van der Waals surface area contributed by atoms with Crippen molar-refractivity contribution in [1.82, 2.24) is 5.32 Å². The zero-order valence-corrected chi connectivity index (χ0v) is 9.40. The fourth-order valence-electron chi connectivity index (χ4n) is 1.41. The van der Waals surface area contributed by atoms with E-state index in [0.717, 1.165) is 17.6 Å². The highest BCUT2D eigenvalue weighted by Gasteiger charge is 2.09. The van der Waals surface area contributed by atoms with Crippen molar-refractivity contribution in [1.29, 1.82) is 0 Å². The van der Waals surface area contributed by atoms with Gasteiger partial charge in [0.1, 0.15) is 12.0 Å². The second kappa shape index (κ2) is 5.90. The number of carbonyl (C=O) groups excluding carboxylic acids is 2. The molecule has 0 bridgehead atoms. The van der Waals surface area contributed by atoms with Gasteiger partial charge in [0.25, 0.3) is 0 Å². The molecular weight excluding hydrogens is 206 g/mol. The number of benzene rings is 1. The van der Waals surface area contributed by atoms with Gasteiger partial charge in [-0.1, -0.05) is 12.1 Å². The van der Waals surface area contributed by atoms with E-state index in [4.69, 9.17) is 4.74 Å². The maximum atomic E-state index is 10.8. The Hall–Kier alpha value is -1.84. The highest BCUT2D eigenvalue weighted by molar-refractivity contribution is 5.77. The van der Waals surface area contributed by atoms with E-state index in [1.165, 1.54) is 6.92 Å². The molecule has 0 saturated heterocycles. The summed E-state index contributed by atoms with van der Waals surface area (Å²) in [5.74, 6) is 0.566. The number of amides is 1. The third-order valence-corrected chi connectivity index (χ3v) is 2.17. The van der Waals surface area contributed by atoms with Crippen molar-refractivity contribution in [3.63, 3.8) is 0 Å². The Balaban J connectivity index is 2.63. The second-order valence-corrected chi connectivity index (χ2v) is 3.50. The third-order valence-electron chi connectivity index (χ3n) is 2.17. The summed E-state index contributed by atoms with van der Waals surface area (Å²) < 4.78 is 5.03. The van der Waals surface area contributed by atoms with E-state index in [1.54, 1.807) is 7.11 Å². The van der Waals surface area contributed by atoms with E-state index >= 15 is 0 Å². The quantitative estimate of drug-likeness (QED) is 0.753. The highest BCUT2D eigenvalue weighted by Crippen LogP contribution is 2.12. The molecule has 4 nitrogen and oxygen atoms in total. The van der Waals surface area contributed by atoms with Crippen LogP contribution in [0.2, 0.25) is 0 Å². The smallest absolute Gasteiger partial charge is 0.217 e. The Morgan fingerprint density at radius 3 is 2.50 bits per heavy atom. The minimum Gasteiger partial charge on any atom is -0.497 e. The van der Waals surface area contributed by atoms with Gasteiger partial charge in [-0.2, -0.15) is 0 Å². The molecule has 0 radical (unpaired) electrons. The fraction of sp³-hybridized carbons (Fsp3) is 0.333. The lowest BCUT2D eigenvalue weighted by Gasteiger charge is -2.11. The van der Waals surface area contributed by atoms with Crippen LogP contribution in [-0.2, 0) is 16.0 Å². The maximum Gasteiger partial charge on any atom is 0.217 e. The monoisotopic (exact) mass is 221 g/mol. The SMILES string of the molecule is COc1ccc(C[C@H](C=O)NC(C)=O)cc1. The summed E-state index contributed by atoms with van der Waals surface area (Å²) in [4.78, 5) is 21.5. The summed E-state index contributed by atoms with van der Waals surface area (Å²) in [6.07, 6.45) is 1.23. The molecule has 1 N–H and O–H groups in total. The van der Waals surface area contributed by atoms with E-state index in [9.17, 15) is 9.59 Å². The standard InChI is InChI=1S/C12H15NO3/c1-9(15)13-11(8-14)7-10-3-5-12(16-2)6-4-10/h3-6,8,11H,7H2,1-2H3,(H,13,15)/t11-/m1/s1. The Kier molecular flexibility index (Phi) is 4.51. The molecule has 86 valence electrons. The molecule has 0 fully saturated rings. The van der Waals surface area contributed by atoms with Crippen LogP contribution in [0.4, 0.5) is 0 Å². The number of methoxy groups -OCH3 is 1. The van der Waals surface area contributed by atoms with E-state index in [-0.39, 0.29) is 5.91 Å². The number of nitrogens with one attached hydrogen (secondary N) is 1. The molecular formula is C12H15NO3. The molecule has 0 aliphatic rings. The molecule has 0 spiro atoms. The Morgan fingerprint density at radius 1 is 1.44 bits per heavy atom. The van der Waals surface area contributed by atoms with Gasteiger partial charge < -0.3 is 14.8 Å². The molecule has 0 aliphatic carbocycles. The normalized spacial score (nSPS) is 11.6. The first-order valence-electron chi connectivity index (χ1n) is 5.01. The highest BCUT2D eigenvalue weighted by atomic mass is 16.5. The molecule has 0 aromatic heterocycles. The van der Waals surface area contributed by atoms with Crippen LogP contribution in [0.5, 0.6) is 5.75 Å². The molecule has 4 heteroatoms. The van der Waals surface area contributed by atoms with Crippen molar-refractivity contribution < 1.29 is 14.3 Å². The minimum atomic E-state index is -0.467. The van der Waals surface area contributed by atoms with Gasteiger partial charge >= 0.3 is 0 Å². The molecule has 1 rings (SSSR count). The van der Waals surface area contributed by atoms with Crippen molar-refractivity contribution in [2.24, 2.45) is 0 Å². The summed E-state index contributed by atoms with van der Waals surface area (Å²) in [6.45, 7) is 1.39. The van der Waals surface area contributed by atoms with Gasteiger partial charge in [0.15, 0.2) is 0 Å². The van der Waals surface area contributed by atoms with E-state index < -0.39 is 6.04 Å². The van der Waals surface area contributed by atoms with Crippen molar-refractivity contribution in [3.8, 4) is 5.75 Å². The predicted octanol–water partition coefficient (Wildman–Crippen LogP) is 0.941. The lowest BCUT2D eigenvalue weighted by molar-refractivity contribution is -0.122. The summed E-state index contributed by atoms with van der Waals surface area (Å²) in [6, 6.07) is 6.93. The summed E-state index contributed by atoms with van der Waals surface area (Å²) in [7, 11) is 1.60. The van der Waals surface area contributed by atoms with Crippen molar-refractivity contribution in [2.45, 2.75) is 19.4 Å². The van der Waals surface area contributed by atoms with E-state index in [2.05, 4.69) is 5.32 Å². The molecule has 1 aromatic rings. The van der Waals surface area contributed by atoms with Gasteiger partial charge in [0, 0.05) is 6.92 Å². The first-order valence-corrected chi connectivity index (χ1v) is 5.01. The van der Waals surface area contributed by atoms with Gasteiger partial charge in [-0.3, -0.25) is 4.79 Å². The number of aldehydes is 1. The van der Waals surface area contributed by atoms with Crippen LogP contribution in [0.25, 0.3) is 0 Å². The topological polar surface area (TPSA) is 55.4 Å². The number of ether oxygens (including phenoxy) is 1. The van der Waals surface area contributed by atoms with Gasteiger partial charge in [-0.25, -0.2) is 0 Å². The first kappa shape index (κ1) is 12.2. The lowest BCUT2D eigenvalue weighted by Crippen LogP contribution is -2.35. The van der Waals surface area contributed by atoms with Crippen LogP contribution >= 0.6 is 0 Å². The zero-order chi connectivity index (χ0) is 12.0. The zero-order valence-electron chi connectivity index (χ0n) is 9.40. The van der Waals surface area contributed by atoms with Crippen LogP contribution in [0.1, 0.15) is 12.5 Å². The van der Waals surface area contributed by atoms with Crippen LogP contribution in [0, 0.1) is 0 Å². The average Bonchev–Trinajstić information content (AvgIpc) is 2.28. The lowest BCUT2D eigenvalue weighted by atomic mass is 10.1. The molecule has 1 aromatic carbocycles. The average molecular weight is 221 g/mol. The molecule has 0 unspecified atom stereocenters. The van der Waals surface area contributed by atoms with Crippen LogP contribution < -0.4 is 10.1 Å². The molecule has 0 saturated carbocycles. The van der Waals surface area contributed by atoms with Gasteiger partial charge in [-0.15, -0.1) is 0 Å². The summed E-state index contributed by atoms with van der Waals surface area (Å²) >= 11 is 0. The first-order chi connectivity index (χ1) is 7.65. The van der Waals surface area contributed by atoms with Crippen molar-refractivity contribution >= 4 is 12.2 Å². The predicted molar refractivity (Wildman–Crippen MR) is 60.4 cm³/mol. The molecule has 16 heavy (non-hydrogen) atoms. The van der Waals surface area contributed by atoms with Crippen LogP contribution in [0.15, 0.2) is 24.3 Å². The minimum absolute atomic E-state index is 0.203. The van der Waals surface area contributed by atoms with Gasteiger partial charge in [0.2, 0.25) is 5.91 Å². The van der Waals surface area contributed by atoms with Crippen LogP contribution in [0.3, 0.4) is 0 Å². The Labute approximate surface area is 94.6 Å². The fourth-order valence-corrected chi connectivity index (χ4v) is 1.41. The molecule has 0 aliphatic heterocycles. The number of carbonyl (C=O) groups is 2. The summed E-state index contributed by atoms with van der Waals surface area (Å²) in [5, 5.41) is 2.57. The molecule has 1 atom stereocenters. The van der Waals surface area contributed by atoms with Crippen molar-refractivity contribution in [3.05, 3.63) is 29.8 Å². The van der Waals surface area contributed by atoms with Crippen LogP contribution in [-0.4, -0.2) is 25.3 Å². The third kappa shape index (κ3) is 3.73. The Bertz CT molecular complexity index is 359.